The Morgan fingerprint density at radius 3 is 2.02 bits per heavy atom. The lowest BCUT2D eigenvalue weighted by Crippen LogP contribution is -2.46. The summed E-state index contributed by atoms with van der Waals surface area (Å²) in [5.41, 5.74) is 1.08. The average Bonchev–Trinajstić information content (AvgIpc) is 3.77. The molecule has 5 rings (SSSR count). The van der Waals surface area contributed by atoms with E-state index in [1.54, 1.807) is 14.2 Å². The van der Waals surface area contributed by atoms with Gasteiger partial charge in [-0.3, -0.25) is 9.69 Å². The largest absolute Gasteiger partial charge is 0.493 e. The molecule has 0 bridgehead atoms. The van der Waals surface area contributed by atoms with Gasteiger partial charge < -0.3 is 34.0 Å². The number of aliphatic carboxylic acids is 1. The Labute approximate surface area is 255 Å². The second-order valence-corrected chi connectivity index (χ2v) is 11.7. The molecule has 2 aromatic rings. The number of rotatable bonds is 15. The Morgan fingerprint density at radius 1 is 0.767 bits per heavy atom. The van der Waals surface area contributed by atoms with E-state index in [0.717, 1.165) is 107 Å². The Morgan fingerprint density at radius 2 is 1.40 bits per heavy atom. The van der Waals surface area contributed by atoms with Gasteiger partial charge in [0.2, 0.25) is 11.7 Å². The molecular formula is C32H48N6O5. The molecule has 1 N–H and O–H groups in total. The topological polar surface area (TPSA) is 104 Å². The number of hydrogen-bond donors (Lipinski definition) is 1. The second kappa shape index (κ2) is 15.3. The van der Waals surface area contributed by atoms with Crippen molar-refractivity contribution in [3.63, 3.8) is 0 Å². The summed E-state index contributed by atoms with van der Waals surface area (Å²) in [4.78, 5) is 30.4. The molecular weight excluding hydrogens is 548 g/mol. The second-order valence-electron chi connectivity index (χ2n) is 11.7. The first-order valence-corrected chi connectivity index (χ1v) is 16.0. The maximum atomic E-state index is 10.8. The third-order valence-electron chi connectivity index (χ3n) is 8.71. The number of carboxylic acids is 1. The fraction of sp³-hybridized carbons (Fsp3) is 0.656. The average molecular weight is 597 g/mol. The van der Waals surface area contributed by atoms with Crippen LogP contribution in [0.4, 0.5) is 17.6 Å². The van der Waals surface area contributed by atoms with Crippen LogP contribution >= 0.6 is 0 Å². The standard InChI is InChI=1S/C32H48N6O5/c1-41-26-13-12-25(30(31(26)42-2)43-22-10-4-3-5-11-29(39)40)24-35-18-20-37(21-19-35)28-23-27(36-14-6-7-15-36)33-32(34-28)38-16-8-9-17-38/h12-13,23H,3-11,14-22,24H2,1-2H3,(H,39,40). The molecule has 3 aliphatic heterocycles. The molecule has 11 nitrogen and oxygen atoms in total. The summed E-state index contributed by atoms with van der Waals surface area (Å²) in [6, 6.07) is 6.22. The lowest BCUT2D eigenvalue weighted by Gasteiger charge is -2.36. The fourth-order valence-corrected chi connectivity index (χ4v) is 6.24. The van der Waals surface area contributed by atoms with Gasteiger partial charge in [0, 0.05) is 77.0 Å². The third-order valence-corrected chi connectivity index (χ3v) is 8.71. The molecule has 3 saturated heterocycles. The minimum atomic E-state index is -0.737. The van der Waals surface area contributed by atoms with E-state index in [4.69, 9.17) is 29.3 Å². The Bertz CT molecular complexity index is 1160. The van der Waals surface area contributed by atoms with Crippen molar-refractivity contribution in [2.45, 2.75) is 64.3 Å². The van der Waals surface area contributed by atoms with Gasteiger partial charge in [0.25, 0.3) is 0 Å². The first-order chi connectivity index (χ1) is 21.1. The number of nitrogens with zero attached hydrogens (tertiary/aromatic N) is 6. The van der Waals surface area contributed by atoms with Crippen LogP contribution in [0.25, 0.3) is 0 Å². The molecule has 1 aromatic carbocycles. The highest BCUT2D eigenvalue weighted by Gasteiger charge is 2.26. The third kappa shape index (κ3) is 8.13. The zero-order valence-corrected chi connectivity index (χ0v) is 25.9. The highest BCUT2D eigenvalue weighted by molar-refractivity contribution is 5.66. The molecule has 0 spiro atoms. The van der Waals surface area contributed by atoms with Crippen molar-refractivity contribution < 1.29 is 24.1 Å². The fourth-order valence-electron chi connectivity index (χ4n) is 6.24. The molecule has 0 amide bonds. The van der Waals surface area contributed by atoms with E-state index in [0.29, 0.717) is 24.5 Å². The van der Waals surface area contributed by atoms with Gasteiger partial charge in [0.05, 0.1) is 20.8 Å². The van der Waals surface area contributed by atoms with Crippen molar-refractivity contribution in [3.8, 4) is 17.2 Å². The van der Waals surface area contributed by atoms with Crippen LogP contribution in [0.3, 0.4) is 0 Å². The van der Waals surface area contributed by atoms with Crippen molar-refractivity contribution in [1.82, 2.24) is 14.9 Å². The summed E-state index contributed by atoms with van der Waals surface area (Å²) >= 11 is 0. The summed E-state index contributed by atoms with van der Waals surface area (Å²) in [7, 11) is 3.29. The van der Waals surface area contributed by atoms with Crippen LogP contribution in [0.1, 0.15) is 63.4 Å². The Balaban J connectivity index is 1.22. The van der Waals surface area contributed by atoms with Crippen molar-refractivity contribution in [2.24, 2.45) is 0 Å². The van der Waals surface area contributed by atoms with Gasteiger partial charge in [0.1, 0.15) is 11.6 Å². The number of hydrogen-bond acceptors (Lipinski definition) is 10. The minimum absolute atomic E-state index is 0.221. The molecule has 3 aliphatic rings. The Kier molecular flexibility index (Phi) is 11.0. The first-order valence-electron chi connectivity index (χ1n) is 16.0. The van der Waals surface area contributed by atoms with Gasteiger partial charge >= 0.3 is 5.97 Å². The quantitative estimate of drug-likeness (QED) is 0.295. The molecule has 0 saturated carbocycles. The van der Waals surface area contributed by atoms with Gasteiger partial charge in [-0.05, 0) is 44.6 Å². The summed E-state index contributed by atoms with van der Waals surface area (Å²) < 4.78 is 17.6. The molecule has 43 heavy (non-hydrogen) atoms. The Hall–Kier alpha value is -3.47. The predicted octanol–water partition coefficient (Wildman–Crippen LogP) is 4.43. The number of carboxylic acid groups (broad SMARTS) is 1. The van der Waals surface area contributed by atoms with E-state index in [1.165, 1.54) is 25.7 Å². The van der Waals surface area contributed by atoms with Crippen LogP contribution in [0.5, 0.6) is 17.2 Å². The van der Waals surface area contributed by atoms with E-state index in [2.05, 4.69) is 31.7 Å². The van der Waals surface area contributed by atoms with Crippen molar-refractivity contribution in [3.05, 3.63) is 23.8 Å². The zero-order chi connectivity index (χ0) is 30.0. The number of piperazine rings is 1. The molecule has 0 aliphatic carbocycles. The first kappa shape index (κ1) is 31.0. The van der Waals surface area contributed by atoms with Crippen molar-refractivity contribution in [1.29, 1.82) is 0 Å². The van der Waals surface area contributed by atoms with Crippen LogP contribution in [0, 0.1) is 0 Å². The van der Waals surface area contributed by atoms with E-state index < -0.39 is 5.97 Å². The minimum Gasteiger partial charge on any atom is -0.493 e. The monoisotopic (exact) mass is 596 g/mol. The number of ether oxygens (including phenoxy) is 3. The van der Waals surface area contributed by atoms with E-state index >= 15 is 0 Å². The van der Waals surface area contributed by atoms with Gasteiger partial charge in [0.15, 0.2) is 11.5 Å². The molecule has 1 aromatic heterocycles. The predicted molar refractivity (Wildman–Crippen MR) is 168 cm³/mol. The van der Waals surface area contributed by atoms with Crippen LogP contribution in [0.2, 0.25) is 0 Å². The number of carbonyl (C=O) groups is 1. The van der Waals surface area contributed by atoms with E-state index in [1.807, 2.05) is 6.07 Å². The number of benzene rings is 1. The van der Waals surface area contributed by atoms with Crippen LogP contribution < -0.4 is 28.9 Å². The highest BCUT2D eigenvalue weighted by atomic mass is 16.5. The van der Waals surface area contributed by atoms with E-state index in [-0.39, 0.29) is 6.42 Å². The smallest absolute Gasteiger partial charge is 0.303 e. The molecule has 0 unspecified atom stereocenters. The van der Waals surface area contributed by atoms with Gasteiger partial charge in [-0.2, -0.15) is 9.97 Å². The lowest BCUT2D eigenvalue weighted by molar-refractivity contribution is -0.137. The molecule has 0 atom stereocenters. The normalized spacial score (nSPS) is 17.5. The number of methoxy groups -OCH3 is 2. The SMILES string of the molecule is COc1ccc(CN2CCN(c3cc(N4CCCC4)nc(N4CCCC4)n3)CC2)c(OCCCCCCC(=O)O)c1OC. The molecule has 11 heteroatoms. The summed E-state index contributed by atoms with van der Waals surface area (Å²) in [6.45, 7) is 9.15. The number of aromatic nitrogens is 2. The highest BCUT2D eigenvalue weighted by Crippen LogP contribution is 2.41. The van der Waals surface area contributed by atoms with Crippen molar-refractivity contribution >= 4 is 23.6 Å². The van der Waals surface area contributed by atoms with Gasteiger partial charge in [-0.1, -0.05) is 18.9 Å². The summed E-state index contributed by atoms with van der Waals surface area (Å²) in [5, 5.41) is 8.85. The number of anilines is 3. The zero-order valence-electron chi connectivity index (χ0n) is 25.9. The molecule has 236 valence electrons. The van der Waals surface area contributed by atoms with Crippen LogP contribution in [-0.4, -0.2) is 99.1 Å². The summed E-state index contributed by atoms with van der Waals surface area (Å²) in [5.74, 6) is 4.26. The maximum absolute atomic E-state index is 10.8. The lowest BCUT2D eigenvalue weighted by atomic mass is 10.1. The number of unbranched alkanes of at least 4 members (excludes halogenated alkanes) is 3. The summed E-state index contributed by atoms with van der Waals surface area (Å²) in [6.07, 6.45) is 8.46. The molecule has 3 fully saturated rings. The maximum Gasteiger partial charge on any atom is 0.303 e. The molecule has 4 heterocycles. The van der Waals surface area contributed by atoms with Crippen LogP contribution in [-0.2, 0) is 11.3 Å². The van der Waals surface area contributed by atoms with Crippen LogP contribution in [0.15, 0.2) is 18.2 Å². The van der Waals surface area contributed by atoms with Gasteiger partial charge in [-0.25, -0.2) is 0 Å². The van der Waals surface area contributed by atoms with Gasteiger partial charge in [-0.15, -0.1) is 0 Å². The van der Waals surface area contributed by atoms with E-state index in [9.17, 15) is 4.79 Å². The van der Waals surface area contributed by atoms with Crippen molar-refractivity contribution in [2.75, 3.05) is 87.9 Å². The molecule has 0 radical (unpaired) electrons.